The van der Waals surface area contributed by atoms with Crippen LogP contribution in [-0.2, 0) is 4.74 Å². The zero-order valence-corrected chi connectivity index (χ0v) is 14.8. The highest BCUT2D eigenvalue weighted by molar-refractivity contribution is 6.33. The number of amides is 1. The Morgan fingerprint density at radius 2 is 2.21 bits per heavy atom. The maximum absolute atomic E-state index is 12.6. The minimum atomic E-state index is -0.256. The zero-order valence-electron chi connectivity index (χ0n) is 14.0. The third-order valence-corrected chi connectivity index (χ3v) is 4.60. The Morgan fingerprint density at radius 1 is 1.46 bits per heavy atom. The molecule has 8 heteroatoms. The first-order valence-corrected chi connectivity index (χ1v) is 8.27. The number of benzene rings is 1. The minimum absolute atomic E-state index is 0.0856. The van der Waals surface area contributed by atoms with Crippen LogP contribution in [0.15, 0.2) is 12.1 Å². The number of nitrogens with zero attached hydrogens (tertiary/aromatic N) is 1. The summed E-state index contributed by atoms with van der Waals surface area (Å²) < 4.78 is 10.8. The van der Waals surface area contributed by atoms with Crippen molar-refractivity contribution in [2.24, 2.45) is 5.73 Å². The molecule has 0 radical (unpaired) electrons. The quantitative estimate of drug-likeness (QED) is 0.649. The number of likely N-dealkylation sites (tertiary alicyclic amines) is 1. The predicted octanol–water partition coefficient (Wildman–Crippen LogP) is 0.709. The van der Waals surface area contributed by atoms with E-state index in [1.807, 2.05) is 0 Å². The van der Waals surface area contributed by atoms with Gasteiger partial charge in [-0.3, -0.25) is 9.69 Å². The standard InChI is InChI=1S/C16H25ClN4O3/c1-23-14-8-12(19)11(17)7-10(14)16(22)20-13-3-5-21(6-4-18)9-15(13)24-2/h7-8,13,15H,3-6,9,18-19H2,1-2H3,(H,20,22). The van der Waals surface area contributed by atoms with Gasteiger partial charge in [-0.1, -0.05) is 11.6 Å². The number of carbonyl (C=O) groups excluding carboxylic acids is 1. The van der Waals surface area contributed by atoms with Crippen LogP contribution in [0.5, 0.6) is 5.75 Å². The average molecular weight is 357 g/mol. The van der Waals surface area contributed by atoms with Gasteiger partial charge in [0.15, 0.2) is 0 Å². The lowest BCUT2D eigenvalue weighted by Gasteiger charge is -2.38. The summed E-state index contributed by atoms with van der Waals surface area (Å²) in [4.78, 5) is 14.9. The Labute approximate surface area is 147 Å². The molecule has 1 aromatic carbocycles. The van der Waals surface area contributed by atoms with Crippen LogP contribution < -0.4 is 21.5 Å². The van der Waals surface area contributed by atoms with Gasteiger partial charge in [0.25, 0.3) is 5.91 Å². The number of nitrogens with one attached hydrogen (secondary N) is 1. The van der Waals surface area contributed by atoms with Crippen molar-refractivity contribution in [2.75, 3.05) is 46.1 Å². The number of nitrogens with two attached hydrogens (primary N) is 2. The molecule has 1 amide bonds. The molecule has 2 atom stereocenters. The van der Waals surface area contributed by atoms with E-state index in [0.29, 0.717) is 28.6 Å². The van der Waals surface area contributed by atoms with E-state index in [0.717, 1.165) is 26.1 Å². The number of hydrogen-bond donors (Lipinski definition) is 3. The molecule has 0 bridgehead atoms. The Bertz CT molecular complexity index is 585. The molecule has 1 saturated heterocycles. The second-order valence-corrected chi connectivity index (χ2v) is 6.21. The zero-order chi connectivity index (χ0) is 17.7. The first-order valence-electron chi connectivity index (χ1n) is 7.89. The van der Waals surface area contributed by atoms with Crippen LogP contribution in [0.4, 0.5) is 5.69 Å². The van der Waals surface area contributed by atoms with Gasteiger partial charge in [-0.15, -0.1) is 0 Å². The van der Waals surface area contributed by atoms with Crippen molar-refractivity contribution in [2.45, 2.75) is 18.6 Å². The maximum atomic E-state index is 12.6. The number of ether oxygens (including phenoxy) is 2. The molecule has 1 aliphatic heterocycles. The normalized spacial score (nSPS) is 21.5. The number of methoxy groups -OCH3 is 2. The van der Waals surface area contributed by atoms with Crippen LogP contribution in [0.1, 0.15) is 16.8 Å². The van der Waals surface area contributed by atoms with Gasteiger partial charge >= 0.3 is 0 Å². The topological polar surface area (TPSA) is 103 Å². The van der Waals surface area contributed by atoms with Crippen molar-refractivity contribution >= 4 is 23.2 Å². The minimum Gasteiger partial charge on any atom is -0.496 e. The van der Waals surface area contributed by atoms with E-state index in [1.165, 1.54) is 13.2 Å². The van der Waals surface area contributed by atoms with Gasteiger partial charge < -0.3 is 26.3 Å². The summed E-state index contributed by atoms with van der Waals surface area (Å²) in [5.74, 6) is 0.136. The van der Waals surface area contributed by atoms with Gasteiger partial charge in [0.05, 0.1) is 35.5 Å². The molecule has 0 spiro atoms. The van der Waals surface area contributed by atoms with Gasteiger partial charge in [0, 0.05) is 39.4 Å². The summed E-state index contributed by atoms with van der Waals surface area (Å²) in [7, 11) is 3.14. The highest BCUT2D eigenvalue weighted by atomic mass is 35.5. The number of carbonyl (C=O) groups is 1. The van der Waals surface area contributed by atoms with Crippen molar-refractivity contribution in [3.63, 3.8) is 0 Å². The molecule has 134 valence electrons. The Balaban J connectivity index is 2.10. The number of rotatable bonds is 6. The van der Waals surface area contributed by atoms with Crippen LogP contribution in [-0.4, -0.2) is 63.4 Å². The van der Waals surface area contributed by atoms with Crippen molar-refractivity contribution in [1.82, 2.24) is 10.2 Å². The predicted molar refractivity (Wildman–Crippen MR) is 94.6 cm³/mol. The molecule has 1 aromatic rings. The third kappa shape index (κ3) is 4.30. The molecule has 1 heterocycles. The molecular weight excluding hydrogens is 332 g/mol. The van der Waals surface area contributed by atoms with Gasteiger partial charge in [0.2, 0.25) is 0 Å². The van der Waals surface area contributed by atoms with E-state index in [9.17, 15) is 4.79 Å². The summed E-state index contributed by atoms with van der Waals surface area (Å²) in [6.45, 7) is 3.02. The fourth-order valence-corrected chi connectivity index (χ4v) is 3.10. The van der Waals surface area contributed by atoms with Crippen molar-refractivity contribution in [1.29, 1.82) is 0 Å². The van der Waals surface area contributed by atoms with E-state index in [4.69, 9.17) is 32.5 Å². The second-order valence-electron chi connectivity index (χ2n) is 5.81. The molecule has 0 saturated carbocycles. The van der Waals surface area contributed by atoms with E-state index in [2.05, 4.69) is 10.2 Å². The number of nitrogen functional groups attached to an aromatic ring is 1. The Morgan fingerprint density at radius 3 is 2.83 bits per heavy atom. The fraction of sp³-hybridized carbons (Fsp3) is 0.562. The van der Waals surface area contributed by atoms with Crippen molar-refractivity contribution < 1.29 is 14.3 Å². The van der Waals surface area contributed by atoms with Crippen LogP contribution in [0.3, 0.4) is 0 Å². The molecule has 0 aromatic heterocycles. The van der Waals surface area contributed by atoms with E-state index in [1.54, 1.807) is 13.2 Å². The Kier molecular flexibility index (Phi) is 6.68. The number of anilines is 1. The lowest BCUT2D eigenvalue weighted by molar-refractivity contribution is 0.00735. The molecule has 5 N–H and O–H groups in total. The highest BCUT2D eigenvalue weighted by Crippen LogP contribution is 2.29. The van der Waals surface area contributed by atoms with E-state index < -0.39 is 0 Å². The number of hydrogen-bond acceptors (Lipinski definition) is 6. The Hall–Kier alpha value is -1.54. The summed E-state index contributed by atoms with van der Waals surface area (Å²) in [6, 6.07) is 2.99. The fourth-order valence-electron chi connectivity index (χ4n) is 2.93. The molecule has 1 fully saturated rings. The van der Waals surface area contributed by atoms with E-state index >= 15 is 0 Å². The van der Waals surface area contributed by atoms with Crippen molar-refractivity contribution in [3.8, 4) is 5.75 Å². The number of piperidine rings is 1. The monoisotopic (exact) mass is 356 g/mol. The summed E-state index contributed by atoms with van der Waals surface area (Å²) in [5, 5.41) is 3.34. The molecule has 2 unspecified atom stereocenters. The number of halogens is 1. The molecule has 24 heavy (non-hydrogen) atoms. The second kappa shape index (κ2) is 8.53. The summed E-state index contributed by atoms with van der Waals surface area (Å²) in [5.41, 5.74) is 12.1. The highest BCUT2D eigenvalue weighted by Gasteiger charge is 2.31. The molecule has 7 nitrogen and oxygen atoms in total. The first kappa shape index (κ1) is 18.8. The molecular formula is C16H25ClN4O3. The third-order valence-electron chi connectivity index (χ3n) is 4.27. The lowest BCUT2D eigenvalue weighted by atomic mass is 10.0. The average Bonchev–Trinajstić information content (AvgIpc) is 2.58. The van der Waals surface area contributed by atoms with Crippen LogP contribution in [0.2, 0.25) is 5.02 Å². The summed E-state index contributed by atoms with van der Waals surface area (Å²) in [6.07, 6.45) is 0.694. The largest absolute Gasteiger partial charge is 0.496 e. The lowest BCUT2D eigenvalue weighted by Crippen LogP contribution is -2.55. The van der Waals surface area contributed by atoms with Gasteiger partial charge in [-0.05, 0) is 12.5 Å². The van der Waals surface area contributed by atoms with Gasteiger partial charge in [-0.2, -0.15) is 0 Å². The van der Waals surface area contributed by atoms with Crippen molar-refractivity contribution in [3.05, 3.63) is 22.7 Å². The SMILES string of the molecule is COc1cc(N)c(Cl)cc1C(=O)NC1CCN(CCN)CC1OC. The molecule has 0 aliphatic carbocycles. The molecule has 1 aliphatic rings. The van der Waals surface area contributed by atoms with Crippen LogP contribution in [0, 0.1) is 0 Å². The smallest absolute Gasteiger partial charge is 0.255 e. The van der Waals surface area contributed by atoms with Gasteiger partial charge in [0.1, 0.15) is 5.75 Å². The maximum Gasteiger partial charge on any atom is 0.255 e. The van der Waals surface area contributed by atoms with E-state index in [-0.39, 0.29) is 18.1 Å². The van der Waals surface area contributed by atoms with Crippen LogP contribution >= 0.6 is 11.6 Å². The summed E-state index contributed by atoms with van der Waals surface area (Å²) >= 11 is 6.04. The van der Waals surface area contributed by atoms with Gasteiger partial charge in [-0.25, -0.2) is 0 Å². The van der Waals surface area contributed by atoms with Crippen LogP contribution in [0.25, 0.3) is 0 Å². The first-order chi connectivity index (χ1) is 11.5. The molecule has 2 rings (SSSR count).